The van der Waals surface area contributed by atoms with Crippen molar-refractivity contribution in [1.82, 2.24) is 0 Å². The molecular formula is C10H12NaO6S. The zero-order valence-corrected chi connectivity index (χ0v) is 12.9. The Hall–Kier alpha value is -0.600. The van der Waals surface area contributed by atoms with Gasteiger partial charge in [0.15, 0.2) is 0 Å². The summed E-state index contributed by atoms with van der Waals surface area (Å²) in [5.74, 6) is 0.138. The minimum atomic E-state index is -4.23. The maximum atomic E-state index is 11.0. The Balaban J connectivity index is 0.00000289. The maximum Gasteiger partial charge on any atom is 0.513 e. The minimum absolute atomic E-state index is 0. The third-order valence-corrected chi connectivity index (χ3v) is 2.61. The molecule has 0 fully saturated rings. The summed E-state index contributed by atoms with van der Waals surface area (Å²) in [5, 5.41) is 0. The number of benzene rings is 1. The van der Waals surface area contributed by atoms with Crippen molar-refractivity contribution in [1.29, 1.82) is 0 Å². The van der Waals surface area contributed by atoms with Crippen molar-refractivity contribution in [2.45, 2.75) is 18.2 Å². The first kappa shape index (κ1) is 17.4. The van der Waals surface area contributed by atoms with E-state index in [1.165, 1.54) is 12.1 Å². The van der Waals surface area contributed by atoms with Crippen molar-refractivity contribution in [2.24, 2.45) is 0 Å². The fourth-order valence-corrected chi connectivity index (χ4v) is 1.47. The van der Waals surface area contributed by atoms with Crippen LogP contribution in [0.25, 0.3) is 0 Å². The van der Waals surface area contributed by atoms with Gasteiger partial charge in [0.25, 0.3) is 10.1 Å². The standard InChI is InChI=1S/C10H12O6S.Na/c1-2-7-15-10(11)16-8-3-5-9(6-4-8)17(12,13)14;/h3-6H,2,7H2,1H3,(H,12,13,14);. The molecule has 18 heavy (non-hydrogen) atoms. The Morgan fingerprint density at radius 2 is 1.83 bits per heavy atom. The summed E-state index contributed by atoms with van der Waals surface area (Å²) in [4.78, 5) is 10.8. The predicted octanol–water partition coefficient (Wildman–Crippen LogP) is 1.48. The van der Waals surface area contributed by atoms with E-state index in [-0.39, 0.29) is 46.8 Å². The van der Waals surface area contributed by atoms with E-state index in [1.807, 2.05) is 6.92 Å². The molecule has 0 spiro atoms. The van der Waals surface area contributed by atoms with E-state index >= 15 is 0 Å². The third kappa shape index (κ3) is 5.83. The minimum Gasteiger partial charge on any atom is -0.434 e. The first-order valence-electron chi connectivity index (χ1n) is 4.85. The molecule has 95 valence electrons. The van der Waals surface area contributed by atoms with E-state index in [1.54, 1.807) is 0 Å². The molecule has 1 aromatic carbocycles. The number of ether oxygens (including phenoxy) is 2. The summed E-state index contributed by atoms with van der Waals surface area (Å²) in [6, 6.07) is 4.74. The third-order valence-electron chi connectivity index (χ3n) is 1.75. The van der Waals surface area contributed by atoms with E-state index in [0.717, 1.165) is 12.1 Å². The molecule has 0 aliphatic rings. The molecule has 0 amide bonds. The van der Waals surface area contributed by atoms with Crippen LogP contribution in [-0.4, -0.2) is 55.3 Å². The number of hydrogen-bond acceptors (Lipinski definition) is 5. The van der Waals surface area contributed by atoms with Gasteiger partial charge in [-0.1, -0.05) is 6.92 Å². The summed E-state index contributed by atoms with van der Waals surface area (Å²) in [6.07, 6.45) is -0.178. The number of carbonyl (C=O) groups is 1. The molecule has 6 nitrogen and oxygen atoms in total. The van der Waals surface area contributed by atoms with Crippen LogP contribution in [0.15, 0.2) is 29.2 Å². The van der Waals surface area contributed by atoms with Gasteiger partial charge < -0.3 is 9.47 Å². The second kappa shape index (κ2) is 7.75. The summed E-state index contributed by atoms with van der Waals surface area (Å²) in [6.45, 7) is 2.09. The Kier molecular flexibility index (Phi) is 7.49. The van der Waals surface area contributed by atoms with Crippen molar-refractivity contribution in [3.05, 3.63) is 24.3 Å². The van der Waals surface area contributed by atoms with Gasteiger partial charge in [-0.25, -0.2) is 4.79 Å². The van der Waals surface area contributed by atoms with Gasteiger partial charge in [-0.05, 0) is 30.7 Å². The van der Waals surface area contributed by atoms with Crippen molar-refractivity contribution in [3.63, 3.8) is 0 Å². The molecule has 0 bridgehead atoms. The van der Waals surface area contributed by atoms with Crippen LogP contribution in [0, 0.1) is 0 Å². The fourth-order valence-electron chi connectivity index (χ4n) is 0.991. The van der Waals surface area contributed by atoms with Gasteiger partial charge in [0.05, 0.1) is 11.5 Å². The van der Waals surface area contributed by atoms with Crippen LogP contribution in [-0.2, 0) is 14.9 Å². The van der Waals surface area contributed by atoms with Crippen LogP contribution in [0.5, 0.6) is 5.75 Å². The molecule has 8 heteroatoms. The summed E-state index contributed by atoms with van der Waals surface area (Å²) < 4.78 is 39.6. The van der Waals surface area contributed by atoms with Crippen LogP contribution in [0.4, 0.5) is 4.79 Å². The molecule has 0 aromatic heterocycles. The van der Waals surface area contributed by atoms with Crippen LogP contribution in [0.1, 0.15) is 13.3 Å². The van der Waals surface area contributed by atoms with Crippen LogP contribution in [0.2, 0.25) is 0 Å². The fraction of sp³-hybridized carbons (Fsp3) is 0.300. The van der Waals surface area contributed by atoms with Crippen molar-refractivity contribution in [3.8, 4) is 5.75 Å². The molecule has 0 heterocycles. The number of carbonyl (C=O) groups excluding carboxylic acids is 1. The first-order chi connectivity index (χ1) is 7.93. The number of hydrogen-bond donors (Lipinski definition) is 1. The molecule has 0 aliphatic carbocycles. The predicted molar refractivity (Wildman–Crippen MR) is 64.3 cm³/mol. The smallest absolute Gasteiger partial charge is 0.434 e. The zero-order valence-electron chi connectivity index (χ0n) is 10.1. The molecule has 0 saturated heterocycles. The normalized spacial score (nSPS) is 10.3. The van der Waals surface area contributed by atoms with Gasteiger partial charge in [0.1, 0.15) is 5.75 Å². The van der Waals surface area contributed by atoms with E-state index in [4.69, 9.17) is 9.29 Å². The van der Waals surface area contributed by atoms with Gasteiger partial charge in [-0.2, -0.15) is 8.42 Å². The van der Waals surface area contributed by atoms with E-state index < -0.39 is 16.3 Å². The van der Waals surface area contributed by atoms with Gasteiger partial charge in [-0.15, -0.1) is 0 Å². The van der Waals surface area contributed by atoms with Crippen LogP contribution < -0.4 is 4.74 Å². The molecule has 0 unspecified atom stereocenters. The van der Waals surface area contributed by atoms with Crippen LogP contribution >= 0.6 is 0 Å². The van der Waals surface area contributed by atoms with Crippen molar-refractivity contribution >= 4 is 45.8 Å². The molecule has 1 rings (SSSR count). The van der Waals surface area contributed by atoms with E-state index in [9.17, 15) is 13.2 Å². The zero-order chi connectivity index (χ0) is 12.9. The second-order valence-corrected chi connectivity index (χ2v) is 4.57. The van der Waals surface area contributed by atoms with E-state index in [2.05, 4.69) is 4.74 Å². The Labute approximate surface area is 127 Å². The molecule has 0 atom stereocenters. The van der Waals surface area contributed by atoms with Gasteiger partial charge >= 0.3 is 6.16 Å². The van der Waals surface area contributed by atoms with Crippen molar-refractivity contribution in [2.75, 3.05) is 6.61 Å². The summed E-state index contributed by atoms with van der Waals surface area (Å²) >= 11 is 0. The molecule has 0 aliphatic heterocycles. The molecule has 0 saturated carbocycles. The monoisotopic (exact) mass is 283 g/mol. The maximum absolute atomic E-state index is 11.0. The van der Waals surface area contributed by atoms with Gasteiger partial charge in [-0.3, -0.25) is 4.55 Å². The average Bonchev–Trinajstić information content (AvgIpc) is 2.26. The molecule has 1 aromatic rings. The average molecular weight is 283 g/mol. The summed E-state index contributed by atoms with van der Waals surface area (Å²) in [5.41, 5.74) is 0. The van der Waals surface area contributed by atoms with Gasteiger partial charge in [0, 0.05) is 29.6 Å². The quantitative estimate of drug-likeness (QED) is 0.389. The molecular weight excluding hydrogens is 271 g/mol. The largest absolute Gasteiger partial charge is 0.513 e. The molecule has 1 radical (unpaired) electrons. The van der Waals surface area contributed by atoms with Crippen molar-refractivity contribution < 1.29 is 27.2 Å². The first-order valence-corrected chi connectivity index (χ1v) is 6.29. The SMILES string of the molecule is CCCOC(=O)Oc1ccc(S(=O)(=O)O)cc1.[Na]. The number of rotatable bonds is 4. The summed E-state index contributed by atoms with van der Waals surface area (Å²) in [7, 11) is -4.23. The Morgan fingerprint density at radius 1 is 1.28 bits per heavy atom. The molecule has 1 N–H and O–H groups in total. The Bertz CT molecular complexity index is 482. The van der Waals surface area contributed by atoms with Crippen LogP contribution in [0.3, 0.4) is 0 Å². The topological polar surface area (TPSA) is 89.9 Å². The van der Waals surface area contributed by atoms with Gasteiger partial charge in [0.2, 0.25) is 0 Å². The second-order valence-electron chi connectivity index (χ2n) is 3.15. The van der Waals surface area contributed by atoms with E-state index in [0.29, 0.717) is 6.42 Å². The Morgan fingerprint density at radius 3 is 2.28 bits per heavy atom.